The number of fused-ring (bicyclic) bond motifs is 1. The summed E-state index contributed by atoms with van der Waals surface area (Å²) in [6.07, 6.45) is 2.29. The predicted octanol–water partition coefficient (Wildman–Crippen LogP) is 2.52. The van der Waals surface area contributed by atoms with Gasteiger partial charge in [-0.3, -0.25) is 4.90 Å². The molecule has 3 rings (SSSR count). The van der Waals surface area contributed by atoms with Gasteiger partial charge in [0.1, 0.15) is 5.75 Å². The summed E-state index contributed by atoms with van der Waals surface area (Å²) in [5, 5.41) is 3.66. The largest absolute Gasteiger partial charge is 0.493 e. The molecule has 1 saturated heterocycles. The second-order valence-electron chi connectivity index (χ2n) is 5.64. The van der Waals surface area contributed by atoms with Crippen molar-refractivity contribution in [3.63, 3.8) is 0 Å². The van der Waals surface area contributed by atoms with E-state index in [0.717, 1.165) is 25.3 Å². The SMILES string of the molecule is CC(C)N1CCC(Nc2ccc3c(c2)CCO3)C1. The van der Waals surface area contributed by atoms with Gasteiger partial charge in [0.15, 0.2) is 0 Å². The molecule has 0 bridgehead atoms. The Morgan fingerprint density at radius 2 is 2.28 bits per heavy atom. The first kappa shape index (κ1) is 11.8. The van der Waals surface area contributed by atoms with Crippen LogP contribution in [0.3, 0.4) is 0 Å². The first-order valence-corrected chi connectivity index (χ1v) is 6.98. The van der Waals surface area contributed by atoms with Crippen molar-refractivity contribution < 1.29 is 4.74 Å². The van der Waals surface area contributed by atoms with Gasteiger partial charge in [0, 0.05) is 37.3 Å². The van der Waals surface area contributed by atoms with E-state index in [2.05, 4.69) is 42.3 Å². The van der Waals surface area contributed by atoms with E-state index < -0.39 is 0 Å². The monoisotopic (exact) mass is 246 g/mol. The highest BCUT2D eigenvalue weighted by molar-refractivity contribution is 5.53. The fraction of sp³-hybridized carbons (Fsp3) is 0.600. The van der Waals surface area contributed by atoms with Crippen LogP contribution in [0.25, 0.3) is 0 Å². The lowest BCUT2D eigenvalue weighted by Crippen LogP contribution is -2.31. The molecule has 3 heteroatoms. The van der Waals surface area contributed by atoms with Crippen molar-refractivity contribution in [2.75, 3.05) is 25.0 Å². The Labute approximate surface area is 109 Å². The first-order valence-electron chi connectivity index (χ1n) is 6.98. The van der Waals surface area contributed by atoms with Crippen LogP contribution in [0.5, 0.6) is 5.75 Å². The Hall–Kier alpha value is -1.22. The van der Waals surface area contributed by atoms with Crippen molar-refractivity contribution in [3.8, 4) is 5.75 Å². The van der Waals surface area contributed by atoms with Crippen LogP contribution < -0.4 is 10.1 Å². The Kier molecular flexibility index (Phi) is 3.16. The Morgan fingerprint density at radius 1 is 1.39 bits per heavy atom. The number of hydrogen-bond acceptors (Lipinski definition) is 3. The molecular weight excluding hydrogens is 224 g/mol. The van der Waals surface area contributed by atoms with Crippen LogP contribution in [0.1, 0.15) is 25.8 Å². The van der Waals surface area contributed by atoms with E-state index >= 15 is 0 Å². The van der Waals surface area contributed by atoms with Crippen LogP contribution in [0.15, 0.2) is 18.2 Å². The van der Waals surface area contributed by atoms with Crippen LogP contribution in [0, 0.1) is 0 Å². The number of ether oxygens (including phenoxy) is 1. The fourth-order valence-corrected chi connectivity index (χ4v) is 2.89. The molecule has 2 aliphatic heterocycles. The van der Waals surface area contributed by atoms with Gasteiger partial charge in [0.25, 0.3) is 0 Å². The maximum atomic E-state index is 5.54. The van der Waals surface area contributed by atoms with Gasteiger partial charge < -0.3 is 10.1 Å². The van der Waals surface area contributed by atoms with Gasteiger partial charge in [-0.05, 0) is 44.0 Å². The summed E-state index contributed by atoms with van der Waals surface area (Å²) in [6, 6.07) is 7.74. The molecule has 2 aliphatic rings. The molecule has 0 aromatic heterocycles. The van der Waals surface area contributed by atoms with Crippen molar-refractivity contribution in [1.29, 1.82) is 0 Å². The van der Waals surface area contributed by atoms with E-state index in [9.17, 15) is 0 Å². The Balaban J connectivity index is 1.63. The molecule has 1 atom stereocenters. The third kappa shape index (κ3) is 2.32. The minimum absolute atomic E-state index is 0.591. The molecule has 2 heterocycles. The number of anilines is 1. The van der Waals surface area contributed by atoms with Crippen LogP contribution >= 0.6 is 0 Å². The minimum atomic E-state index is 0.591. The summed E-state index contributed by atoms with van der Waals surface area (Å²) in [7, 11) is 0. The second-order valence-corrected chi connectivity index (χ2v) is 5.64. The average molecular weight is 246 g/mol. The van der Waals surface area contributed by atoms with E-state index in [1.54, 1.807) is 0 Å². The summed E-state index contributed by atoms with van der Waals surface area (Å²) in [5.74, 6) is 1.07. The lowest BCUT2D eigenvalue weighted by Gasteiger charge is -2.21. The van der Waals surface area contributed by atoms with Crippen molar-refractivity contribution in [1.82, 2.24) is 4.90 Å². The molecular formula is C15H22N2O. The molecule has 1 unspecified atom stereocenters. The highest BCUT2D eigenvalue weighted by Gasteiger charge is 2.24. The topological polar surface area (TPSA) is 24.5 Å². The Morgan fingerprint density at radius 3 is 3.06 bits per heavy atom. The van der Waals surface area contributed by atoms with Gasteiger partial charge in [0.05, 0.1) is 6.61 Å². The molecule has 0 radical (unpaired) electrons. The van der Waals surface area contributed by atoms with Gasteiger partial charge >= 0.3 is 0 Å². The molecule has 18 heavy (non-hydrogen) atoms. The van der Waals surface area contributed by atoms with Crippen LogP contribution in [-0.4, -0.2) is 36.7 Å². The zero-order valence-corrected chi connectivity index (χ0v) is 11.3. The molecule has 3 nitrogen and oxygen atoms in total. The molecule has 0 saturated carbocycles. The van der Waals surface area contributed by atoms with Crippen molar-refractivity contribution in [2.24, 2.45) is 0 Å². The van der Waals surface area contributed by atoms with Gasteiger partial charge in [-0.15, -0.1) is 0 Å². The van der Waals surface area contributed by atoms with Crippen LogP contribution in [-0.2, 0) is 6.42 Å². The van der Waals surface area contributed by atoms with E-state index in [1.807, 2.05) is 0 Å². The Bertz CT molecular complexity index is 431. The lowest BCUT2D eigenvalue weighted by atomic mass is 10.1. The van der Waals surface area contributed by atoms with E-state index in [1.165, 1.54) is 24.2 Å². The third-order valence-corrected chi connectivity index (χ3v) is 4.01. The summed E-state index contributed by atoms with van der Waals surface area (Å²) >= 11 is 0. The van der Waals surface area contributed by atoms with Crippen LogP contribution in [0.4, 0.5) is 5.69 Å². The zero-order chi connectivity index (χ0) is 12.5. The lowest BCUT2D eigenvalue weighted by molar-refractivity contribution is 0.274. The second kappa shape index (κ2) is 4.81. The summed E-state index contributed by atoms with van der Waals surface area (Å²) in [5.41, 5.74) is 2.59. The minimum Gasteiger partial charge on any atom is -0.493 e. The number of hydrogen-bond donors (Lipinski definition) is 1. The van der Waals surface area contributed by atoms with Crippen molar-refractivity contribution in [3.05, 3.63) is 23.8 Å². The maximum absolute atomic E-state index is 5.54. The number of benzene rings is 1. The fourth-order valence-electron chi connectivity index (χ4n) is 2.89. The number of nitrogens with zero attached hydrogens (tertiary/aromatic N) is 1. The number of rotatable bonds is 3. The van der Waals surface area contributed by atoms with Gasteiger partial charge in [-0.25, -0.2) is 0 Å². The zero-order valence-electron chi connectivity index (χ0n) is 11.3. The summed E-state index contributed by atoms with van der Waals surface area (Å²) in [6.45, 7) is 7.75. The highest BCUT2D eigenvalue weighted by atomic mass is 16.5. The quantitative estimate of drug-likeness (QED) is 0.887. The molecule has 0 spiro atoms. The number of nitrogens with one attached hydrogen (secondary N) is 1. The molecule has 1 aromatic carbocycles. The smallest absolute Gasteiger partial charge is 0.122 e. The first-order chi connectivity index (χ1) is 8.72. The van der Waals surface area contributed by atoms with E-state index in [0.29, 0.717) is 12.1 Å². The molecule has 1 fully saturated rings. The molecule has 0 aliphatic carbocycles. The third-order valence-electron chi connectivity index (χ3n) is 4.01. The maximum Gasteiger partial charge on any atom is 0.122 e. The normalized spacial score (nSPS) is 23.2. The van der Waals surface area contributed by atoms with E-state index in [4.69, 9.17) is 4.74 Å². The molecule has 0 amide bonds. The highest BCUT2D eigenvalue weighted by Crippen LogP contribution is 2.28. The number of likely N-dealkylation sites (tertiary alicyclic amines) is 1. The van der Waals surface area contributed by atoms with E-state index in [-0.39, 0.29) is 0 Å². The molecule has 98 valence electrons. The van der Waals surface area contributed by atoms with Crippen molar-refractivity contribution in [2.45, 2.75) is 38.8 Å². The van der Waals surface area contributed by atoms with Gasteiger partial charge in [-0.1, -0.05) is 0 Å². The molecule has 1 aromatic rings. The van der Waals surface area contributed by atoms with Gasteiger partial charge in [-0.2, -0.15) is 0 Å². The summed E-state index contributed by atoms with van der Waals surface area (Å²) < 4.78 is 5.54. The summed E-state index contributed by atoms with van der Waals surface area (Å²) in [4.78, 5) is 2.54. The predicted molar refractivity (Wildman–Crippen MR) is 74.4 cm³/mol. The standard InChI is InChI=1S/C15H22N2O/c1-11(2)17-7-5-14(10-17)16-13-3-4-15-12(9-13)6-8-18-15/h3-4,9,11,14,16H,5-8,10H2,1-2H3. The van der Waals surface area contributed by atoms with Crippen molar-refractivity contribution >= 4 is 5.69 Å². The van der Waals surface area contributed by atoms with Gasteiger partial charge in [0.2, 0.25) is 0 Å². The van der Waals surface area contributed by atoms with Crippen LogP contribution in [0.2, 0.25) is 0 Å². The average Bonchev–Trinajstić information content (AvgIpc) is 2.96. The molecule has 1 N–H and O–H groups in total.